The predicted molar refractivity (Wildman–Crippen MR) is 65.1 cm³/mol. The van der Waals surface area contributed by atoms with Crippen molar-refractivity contribution >= 4 is 10.9 Å². The Morgan fingerprint density at radius 1 is 1.38 bits per heavy atom. The normalized spacial score (nSPS) is 13.3. The average Bonchev–Trinajstić information content (AvgIpc) is 2.51. The van der Waals surface area contributed by atoms with E-state index >= 15 is 0 Å². The molecule has 0 bridgehead atoms. The fraction of sp³-hybridized carbons (Fsp3) is 0.385. The van der Waals surface area contributed by atoms with E-state index in [9.17, 15) is 4.39 Å². The smallest absolute Gasteiger partial charge is 0.125 e. The molecule has 0 fully saturated rings. The van der Waals surface area contributed by atoms with E-state index in [2.05, 4.69) is 23.7 Å². The summed E-state index contributed by atoms with van der Waals surface area (Å²) in [5.41, 5.74) is 3.39. The van der Waals surface area contributed by atoms with Crippen molar-refractivity contribution in [2.24, 2.45) is 7.05 Å². The highest BCUT2D eigenvalue weighted by Gasteiger charge is 2.16. The molecule has 2 rings (SSSR count). The van der Waals surface area contributed by atoms with Crippen molar-refractivity contribution < 1.29 is 4.39 Å². The zero-order chi connectivity index (χ0) is 11.9. The van der Waals surface area contributed by atoms with Crippen molar-refractivity contribution in [3.05, 3.63) is 35.3 Å². The average molecular weight is 220 g/mol. The maximum atomic E-state index is 13.2. The number of hydrogen-bond acceptors (Lipinski definition) is 1. The molecule has 0 aliphatic carbocycles. The second kappa shape index (κ2) is 3.91. The largest absolute Gasteiger partial charge is 0.346 e. The van der Waals surface area contributed by atoms with Crippen LogP contribution in [0.3, 0.4) is 0 Å². The lowest BCUT2D eigenvalue weighted by Gasteiger charge is -2.13. The number of nitrogens with one attached hydrogen (secondary N) is 1. The van der Waals surface area contributed by atoms with Crippen molar-refractivity contribution in [3.63, 3.8) is 0 Å². The Kier molecular flexibility index (Phi) is 2.72. The third-order valence-electron chi connectivity index (χ3n) is 3.31. The molecule has 1 aromatic carbocycles. The number of aryl methyl sites for hydroxylation is 2. The Hall–Kier alpha value is -1.35. The van der Waals surface area contributed by atoms with Crippen LogP contribution in [0.1, 0.15) is 24.2 Å². The van der Waals surface area contributed by atoms with Crippen LogP contribution in [0.5, 0.6) is 0 Å². The van der Waals surface area contributed by atoms with Crippen LogP contribution in [0.15, 0.2) is 18.2 Å². The number of rotatable bonds is 2. The summed E-state index contributed by atoms with van der Waals surface area (Å²) in [6.07, 6.45) is 0. The molecule has 86 valence electrons. The molecule has 1 unspecified atom stereocenters. The van der Waals surface area contributed by atoms with E-state index in [0.717, 1.165) is 10.9 Å². The first-order valence-corrected chi connectivity index (χ1v) is 5.48. The Morgan fingerprint density at radius 3 is 2.69 bits per heavy atom. The quantitative estimate of drug-likeness (QED) is 0.823. The van der Waals surface area contributed by atoms with Crippen LogP contribution in [0.4, 0.5) is 4.39 Å². The fourth-order valence-electron chi connectivity index (χ4n) is 2.37. The van der Waals surface area contributed by atoms with E-state index in [1.54, 1.807) is 6.07 Å². The molecule has 1 heterocycles. The first-order chi connectivity index (χ1) is 7.56. The minimum absolute atomic E-state index is 0.184. The molecule has 3 heteroatoms. The van der Waals surface area contributed by atoms with Crippen LogP contribution in [-0.2, 0) is 7.05 Å². The minimum atomic E-state index is -0.184. The first kappa shape index (κ1) is 11.1. The summed E-state index contributed by atoms with van der Waals surface area (Å²) in [5, 5.41) is 4.35. The van der Waals surface area contributed by atoms with E-state index in [4.69, 9.17) is 0 Å². The van der Waals surface area contributed by atoms with Gasteiger partial charge in [0, 0.05) is 24.2 Å². The molecule has 2 aromatic rings. The first-order valence-electron chi connectivity index (χ1n) is 5.48. The third kappa shape index (κ3) is 1.52. The molecule has 0 saturated carbocycles. The third-order valence-corrected chi connectivity index (χ3v) is 3.31. The van der Waals surface area contributed by atoms with Crippen LogP contribution in [0, 0.1) is 12.7 Å². The van der Waals surface area contributed by atoms with Gasteiger partial charge in [-0.3, -0.25) is 0 Å². The number of fused-ring (bicyclic) bond motifs is 1. The van der Waals surface area contributed by atoms with Crippen LogP contribution in [-0.4, -0.2) is 11.6 Å². The van der Waals surface area contributed by atoms with Crippen molar-refractivity contribution in [2.45, 2.75) is 19.9 Å². The van der Waals surface area contributed by atoms with Gasteiger partial charge in [0.2, 0.25) is 0 Å². The van der Waals surface area contributed by atoms with Crippen LogP contribution >= 0.6 is 0 Å². The number of halogens is 1. The molecule has 0 saturated heterocycles. The zero-order valence-electron chi connectivity index (χ0n) is 10.1. The van der Waals surface area contributed by atoms with Crippen molar-refractivity contribution in [3.8, 4) is 0 Å². The summed E-state index contributed by atoms with van der Waals surface area (Å²) >= 11 is 0. The number of benzene rings is 1. The predicted octanol–water partition coefficient (Wildman–Crippen LogP) is 2.91. The van der Waals surface area contributed by atoms with E-state index in [1.807, 2.05) is 20.2 Å². The van der Waals surface area contributed by atoms with Gasteiger partial charge in [-0.1, -0.05) is 0 Å². The zero-order valence-corrected chi connectivity index (χ0v) is 10.1. The molecule has 16 heavy (non-hydrogen) atoms. The maximum Gasteiger partial charge on any atom is 0.125 e. The summed E-state index contributed by atoms with van der Waals surface area (Å²) in [5.74, 6) is -0.184. The summed E-state index contributed by atoms with van der Waals surface area (Å²) in [6.45, 7) is 4.20. The van der Waals surface area contributed by atoms with Gasteiger partial charge in [-0.25, -0.2) is 4.39 Å². The van der Waals surface area contributed by atoms with Gasteiger partial charge in [0.1, 0.15) is 5.82 Å². The summed E-state index contributed by atoms with van der Waals surface area (Å²) in [7, 11) is 3.92. The van der Waals surface area contributed by atoms with Gasteiger partial charge in [0.25, 0.3) is 0 Å². The van der Waals surface area contributed by atoms with Gasteiger partial charge in [0.15, 0.2) is 0 Å². The maximum absolute atomic E-state index is 13.2. The summed E-state index contributed by atoms with van der Waals surface area (Å²) < 4.78 is 15.3. The van der Waals surface area contributed by atoms with Gasteiger partial charge in [-0.05, 0) is 44.7 Å². The molecule has 0 aliphatic heterocycles. The van der Waals surface area contributed by atoms with E-state index < -0.39 is 0 Å². The van der Waals surface area contributed by atoms with Gasteiger partial charge >= 0.3 is 0 Å². The molecule has 2 nitrogen and oxygen atoms in total. The lowest BCUT2D eigenvalue weighted by molar-refractivity contribution is 0.604. The van der Waals surface area contributed by atoms with Gasteiger partial charge < -0.3 is 9.88 Å². The summed E-state index contributed by atoms with van der Waals surface area (Å²) in [4.78, 5) is 0. The Labute approximate surface area is 95.1 Å². The number of nitrogens with zero attached hydrogens (tertiary/aromatic N) is 1. The van der Waals surface area contributed by atoms with Crippen molar-refractivity contribution in [2.75, 3.05) is 7.05 Å². The van der Waals surface area contributed by atoms with Gasteiger partial charge in [-0.2, -0.15) is 0 Å². The Morgan fingerprint density at radius 2 is 2.06 bits per heavy atom. The molecule has 0 spiro atoms. The molecule has 0 radical (unpaired) electrons. The second-order valence-corrected chi connectivity index (χ2v) is 4.24. The Bertz CT molecular complexity index is 528. The highest BCUT2D eigenvalue weighted by Crippen LogP contribution is 2.28. The van der Waals surface area contributed by atoms with Crippen LogP contribution < -0.4 is 5.32 Å². The highest BCUT2D eigenvalue weighted by atomic mass is 19.1. The van der Waals surface area contributed by atoms with E-state index in [1.165, 1.54) is 17.3 Å². The minimum Gasteiger partial charge on any atom is -0.346 e. The van der Waals surface area contributed by atoms with Crippen molar-refractivity contribution in [1.82, 2.24) is 9.88 Å². The molecule has 0 amide bonds. The van der Waals surface area contributed by atoms with Crippen molar-refractivity contribution in [1.29, 1.82) is 0 Å². The molecule has 0 aliphatic rings. The number of hydrogen-bond donors (Lipinski definition) is 1. The van der Waals surface area contributed by atoms with E-state index in [-0.39, 0.29) is 11.9 Å². The molecular formula is C13H17FN2. The van der Waals surface area contributed by atoms with E-state index in [0.29, 0.717) is 0 Å². The second-order valence-electron chi connectivity index (χ2n) is 4.24. The molecular weight excluding hydrogens is 203 g/mol. The summed E-state index contributed by atoms with van der Waals surface area (Å²) in [6, 6.07) is 5.23. The lowest BCUT2D eigenvalue weighted by atomic mass is 10.1. The van der Waals surface area contributed by atoms with Crippen LogP contribution in [0.25, 0.3) is 10.9 Å². The number of aromatic nitrogens is 1. The fourth-order valence-corrected chi connectivity index (χ4v) is 2.37. The Balaban J connectivity index is 2.76. The molecule has 1 atom stereocenters. The standard InChI is InChI=1S/C13H17FN2/c1-8-11-6-5-10(14)7-12(11)16(4)13(8)9(2)15-3/h5-7,9,15H,1-4H3. The highest BCUT2D eigenvalue weighted by molar-refractivity contribution is 5.85. The topological polar surface area (TPSA) is 17.0 Å². The van der Waals surface area contributed by atoms with Gasteiger partial charge in [0.05, 0.1) is 5.52 Å². The molecule has 1 N–H and O–H groups in total. The SMILES string of the molecule is CNC(C)c1c(C)c2ccc(F)cc2n1C. The monoisotopic (exact) mass is 220 g/mol. The lowest BCUT2D eigenvalue weighted by Crippen LogP contribution is -2.16. The van der Waals surface area contributed by atoms with Crippen LogP contribution in [0.2, 0.25) is 0 Å². The van der Waals surface area contributed by atoms with Gasteiger partial charge in [-0.15, -0.1) is 0 Å². The molecule has 1 aromatic heterocycles.